The molecule has 0 aliphatic rings. The highest BCUT2D eigenvalue weighted by atomic mass is 15.0. The molecule has 0 saturated carbocycles. The molecule has 0 N–H and O–H groups in total. The zero-order valence-corrected chi connectivity index (χ0v) is 26.6. The maximum atomic E-state index is 5.06. The van der Waals surface area contributed by atoms with Crippen LogP contribution in [0.4, 0.5) is 0 Å². The van der Waals surface area contributed by atoms with Crippen molar-refractivity contribution in [3.63, 3.8) is 0 Å². The lowest BCUT2D eigenvalue weighted by molar-refractivity contribution is 1.07. The van der Waals surface area contributed by atoms with Gasteiger partial charge in [0.05, 0.1) is 16.7 Å². The number of rotatable bonds is 6. The number of benzene rings is 7. The number of hydrogen-bond acceptors (Lipinski definition) is 3. The van der Waals surface area contributed by atoms with Gasteiger partial charge >= 0.3 is 0 Å². The maximum Gasteiger partial charge on any atom is 0.164 e. The SMILES string of the molecule is c1ccc(-c2ccc(-c3nc(-c4ccccc4)nc(-c4cccc(-c5ccccc5-n5c6ccccc6c6ccccc65)c4)n3)cc2)cc1. The minimum atomic E-state index is 0.632. The molecule has 0 radical (unpaired) electrons. The molecule has 0 atom stereocenters. The van der Waals surface area contributed by atoms with Crippen LogP contribution >= 0.6 is 0 Å². The fourth-order valence-electron chi connectivity index (χ4n) is 6.71. The molecule has 0 aliphatic carbocycles. The molecule has 4 heteroatoms. The summed E-state index contributed by atoms with van der Waals surface area (Å²) in [6.07, 6.45) is 0. The summed E-state index contributed by atoms with van der Waals surface area (Å²) in [6, 6.07) is 63.3. The summed E-state index contributed by atoms with van der Waals surface area (Å²) in [5.74, 6) is 1.91. The second kappa shape index (κ2) is 12.2. The summed E-state index contributed by atoms with van der Waals surface area (Å²) in [6.45, 7) is 0. The Kier molecular flexibility index (Phi) is 7.10. The molecule has 4 nitrogen and oxygen atoms in total. The van der Waals surface area contributed by atoms with Crippen molar-refractivity contribution in [3.05, 3.63) is 182 Å². The Morgan fingerprint density at radius 1 is 0.306 bits per heavy atom. The lowest BCUT2D eigenvalue weighted by atomic mass is 10.0. The first-order valence-electron chi connectivity index (χ1n) is 16.5. The Hall–Kier alpha value is -6.65. The van der Waals surface area contributed by atoms with Gasteiger partial charge in [-0.1, -0.05) is 158 Å². The molecular weight excluding hydrogens is 597 g/mol. The molecule has 49 heavy (non-hydrogen) atoms. The van der Waals surface area contributed by atoms with Crippen molar-refractivity contribution < 1.29 is 0 Å². The van der Waals surface area contributed by atoms with Gasteiger partial charge in [0.2, 0.25) is 0 Å². The van der Waals surface area contributed by atoms with E-state index in [-0.39, 0.29) is 0 Å². The van der Waals surface area contributed by atoms with Crippen molar-refractivity contribution in [2.45, 2.75) is 0 Å². The third kappa shape index (κ3) is 5.26. The van der Waals surface area contributed by atoms with Gasteiger partial charge in [-0.15, -0.1) is 0 Å². The van der Waals surface area contributed by atoms with Crippen LogP contribution < -0.4 is 0 Å². The van der Waals surface area contributed by atoms with E-state index in [1.54, 1.807) is 0 Å². The van der Waals surface area contributed by atoms with E-state index in [4.69, 9.17) is 15.0 Å². The average molecular weight is 627 g/mol. The fraction of sp³-hybridized carbons (Fsp3) is 0. The summed E-state index contributed by atoms with van der Waals surface area (Å²) in [5, 5.41) is 2.48. The molecule has 0 spiro atoms. The van der Waals surface area contributed by atoms with Gasteiger partial charge in [-0.3, -0.25) is 0 Å². The van der Waals surface area contributed by atoms with Crippen molar-refractivity contribution in [1.82, 2.24) is 19.5 Å². The number of para-hydroxylation sites is 3. The average Bonchev–Trinajstić information content (AvgIpc) is 3.53. The first-order valence-corrected chi connectivity index (χ1v) is 16.5. The summed E-state index contributed by atoms with van der Waals surface area (Å²) in [7, 11) is 0. The predicted octanol–water partition coefficient (Wildman–Crippen LogP) is 11.3. The van der Waals surface area contributed by atoms with Crippen LogP contribution in [-0.4, -0.2) is 19.5 Å². The van der Waals surface area contributed by atoms with Gasteiger partial charge in [0.25, 0.3) is 0 Å². The van der Waals surface area contributed by atoms with Gasteiger partial charge in [-0.05, 0) is 41.0 Å². The normalized spacial score (nSPS) is 11.3. The summed E-state index contributed by atoms with van der Waals surface area (Å²) in [4.78, 5) is 15.1. The van der Waals surface area contributed by atoms with E-state index in [0.29, 0.717) is 17.5 Å². The molecule has 0 aliphatic heterocycles. The summed E-state index contributed by atoms with van der Waals surface area (Å²) < 4.78 is 2.38. The molecule has 230 valence electrons. The largest absolute Gasteiger partial charge is 0.309 e. The maximum absolute atomic E-state index is 5.06. The first-order chi connectivity index (χ1) is 24.3. The van der Waals surface area contributed by atoms with Crippen LogP contribution in [0.1, 0.15) is 0 Å². The summed E-state index contributed by atoms with van der Waals surface area (Å²) >= 11 is 0. The standard InChI is InChI=1S/C45H30N4/c1-3-14-31(15-4-1)32-26-28-34(29-27-32)44-46-43(33-16-5-2-6-17-33)47-45(48-44)36-19-13-18-35(30-36)37-20-7-10-23-40(37)49-41-24-11-8-21-38(41)39-22-9-12-25-42(39)49/h1-30H. The van der Waals surface area contributed by atoms with Crippen LogP contribution in [0.3, 0.4) is 0 Å². The van der Waals surface area contributed by atoms with Crippen LogP contribution in [0.25, 0.3) is 83.9 Å². The van der Waals surface area contributed by atoms with Crippen molar-refractivity contribution in [1.29, 1.82) is 0 Å². The third-order valence-electron chi connectivity index (χ3n) is 9.07. The Bertz CT molecular complexity index is 2530. The van der Waals surface area contributed by atoms with E-state index < -0.39 is 0 Å². The molecule has 0 saturated heterocycles. The molecule has 2 aromatic heterocycles. The van der Waals surface area contributed by atoms with E-state index >= 15 is 0 Å². The number of aromatic nitrogens is 4. The molecule has 0 unspecified atom stereocenters. The minimum Gasteiger partial charge on any atom is -0.309 e. The molecule has 9 aromatic rings. The number of hydrogen-bond donors (Lipinski definition) is 0. The number of fused-ring (bicyclic) bond motifs is 3. The van der Waals surface area contributed by atoms with Gasteiger partial charge < -0.3 is 4.57 Å². The van der Waals surface area contributed by atoms with Gasteiger partial charge in [-0.2, -0.15) is 0 Å². The van der Waals surface area contributed by atoms with Crippen molar-refractivity contribution in [3.8, 4) is 62.1 Å². The molecule has 0 amide bonds. The van der Waals surface area contributed by atoms with E-state index in [9.17, 15) is 0 Å². The Labute approximate surface area is 284 Å². The molecule has 2 heterocycles. The van der Waals surface area contributed by atoms with Gasteiger partial charge in [-0.25, -0.2) is 15.0 Å². The predicted molar refractivity (Wildman–Crippen MR) is 201 cm³/mol. The quantitative estimate of drug-likeness (QED) is 0.184. The lowest BCUT2D eigenvalue weighted by Crippen LogP contribution is -2.00. The van der Waals surface area contributed by atoms with E-state index in [1.807, 2.05) is 36.4 Å². The highest BCUT2D eigenvalue weighted by Crippen LogP contribution is 2.37. The fourth-order valence-corrected chi connectivity index (χ4v) is 6.71. The van der Waals surface area contributed by atoms with Crippen LogP contribution in [0.5, 0.6) is 0 Å². The van der Waals surface area contributed by atoms with Crippen molar-refractivity contribution >= 4 is 21.8 Å². The molecule has 7 aromatic carbocycles. The molecule has 0 fully saturated rings. The number of nitrogens with zero attached hydrogens (tertiary/aromatic N) is 4. The summed E-state index contributed by atoms with van der Waals surface area (Å²) in [5.41, 5.74) is 10.8. The minimum absolute atomic E-state index is 0.632. The zero-order chi connectivity index (χ0) is 32.6. The highest BCUT2D eigenvalue weighted by molar-refractivity contribution is 6.09. The molecular formula is C45H30N4. The van der Waals surface area contributed by atoms with Gasteiger partial charge in [0.15, 0.2) is 17.5 Å². The van der Waals surface area contributed by atoms with Crippen molar-refractivity contribution in [2.75, 3.05) is 0 Å². The van der Waals surface area contributed by atoms with E-state index in [0.717, 1.165) is 39.1 Å². The molecule has 0 bridgehead atoms. The zero-order valence-electron chi connectivity index (χ0n) is 26.6. The van der Waals surface area contributed by atoms with E-state index in [1.165, 1.54) is 27.4 Å². The molecule has 9 rings (SSSR count). The highest BCUT2D eigenvalue weighted by Gasteiger charge is 2.17. The van der Waals surface area contributed by atoms with Gasteiger partial charge in [0, 0.05) is 33.0 Å². The van der Waals surface area contributed by atoms with E-state index in [2.05, 4.69) is 150 Å². The Balaban J connectivity index is 1.18. The monoisotopic (exact) mass is 626 g/mol. The first kappa shape index (κ1) is 28.6. The van der Waals surface area contributed by atoms with Crippen LogP contribution in [0.2, 0.25) is 0 Å². The van der Waals surface area contributed by atoms with Crippen LogP contribution in [-0.2, 0) is 0 Å². The smallest absolute Gasteiger partial charge is 0.164 e. The lowest BCUT2D eigenvalue weighted by Gasteiger charge is -2.15. The topological polar surface area (TPSA) is 43.6 Å². The van der Waals surface area contributed by atoms with Gasteiger partial charge in [0.1, 0.15) is 0 Å². The van der Waals surface area contributed by atoms with Crippen molar-refractivity contribution in [2.24, 2.45) is 0 Å². The second-order valence-electron chi connectivity index (χ2n) is 12.1. The Morgan fingerprint density at radius 3 is 1.39 bits per heavy atom. The third-order valence-corrected chi connectivity index (χ3v) is 9.07. The second-order valence-corrected chi connectivity index (χ2v) is 12.1. The van der Waals surface area contributed by atoms with Crippen LogP contribution in [0, 0.1) is 0 Å². The Morgan fingerprint density at radius 2 is 0.735 bits per heavy atom. The van der Waals surface area contributed by atoms with Crippen LogP contribution in [0.15, 0.2) is 182 Å².